The van der Waals surface area contributed by atoms with Gasteiger partial charge < -0.3 is 25.1 Å². The van der Waals surface area contributed by atoms with Crippen molar-refractivity contribution in [1.82, 2.24) is 30.4 Å². The van der Waals surface area contributed by atoms with Gasteiger partial charge in [-0.25, -0.2) is 9.97 Å². The molecule has 1 unspecified atom stereocenters. The molecule has 3 aliphatic heterocycles. The molecule has 4 aliphatic rings. The molecule has 13 nitrogen and oxygen atoms in total. The zero-order valence-electron chi connectivity index (χ0n) is 34.0. The van der Waals surface area contributed by atoms with Gasteiger partial charge in [-0.05, 0) is 72.9 Å². The highest BCUT2D eigenvalue weighted by molar-refractivity contribution is 6.30. The van der Waals surface area contributed by atoms with Gasteiger partial charge in [-0.1, -0.05) is 81.3 Å². The van der Waals surface area contributed by atoms with Crippen molar-refractivity contribution in [2.24, 2.45) is 0 Å². The van der Waals surface area contributed by atoms with E-state index in [-0.39, 0.29) is 48.4 Å². The van der Waals surface area contributed by atoms with Crippen LogP contribution in [0.3, 0.4) is 0 Å². The molecule has 5 amide bonds. The number of aliphatic hydroxyl groups excluding tert-OH is 1. The van der Waals surface area contributed by atoms with Gasteiger partial charge >= 0.3 is 0 Å². The number of nitrogens with one attached hydrogen (secondary N) is 2. The first-order valence-electron chi connectivity index (χ1n) is 21.4. The molecule has 7 rings (SSSR count). The van der Waals surface area contributed by atoms with E-state index in [1.807, 2.05) is 29.2 Å². The number of amides is 5. The summed E-state index contributed by atoms with van der Waals surface area (Å²) in [5, 5.41) is 16.5. The Bertz CT molecular complexity index is 2020. The van der Waals surface area contributed by atoms with Crippen LogP contribution in [0, 0.1) is 0 Å². The number of hydrogen-bond acceptors (Lipinski definition) is 9. The fourth-order valence-electron chi connectivity index (χ4n) is 9.21. The van der Waals surface area contributed by atoms with Crippen LogP contribution >= 0.6 is 11.6 Å². The standard InChI is InChI=1S/C45H56ClN7O6/c1-29-25-37(54)41-40(29)42(49-28-48-41)51-21-23-52(24-22-51)44(58)34(31-15-17-32(46)18-16-31)26-47-38(55)14-9-7-5-3-2-4-6-8-11-30-12-10-13-33-35(30)27-53(45(33)59)36-19-20-39(56)50-43(36)57/h10,12-13,15-18,28-29,34,36-37,54H,2-9,11,14,19-27H2,1H3,(H,47,55)(H,50,56,57)/t29-,34-,36?,37-/m1/s1. The van der Waals surface area contributed by atoms with E-state index in [1.54, 1.807) is 17.0 Å². The van der Waals surface area contributed by atoms with Gasteiger partial charge in [0.05, 0.1) is 17.7 Å². The normalized spacial score (nSPS) is 20.7. The quantitative estimate of drug-likeness (QED) is 0.114. The third kappa shape index (κ3) is 9.95. The second-order valence-electron chi connectivity index (χ2n) is 16.5. The van der Waals surface area contributed by atoms with Crippen LogP contribution < -0.4 is 15.5 Å². The number of halogens is 1. The van der Waals surface area contributed by atoms with E-state index < -0.39 is 18.1 Å². The number of anilines is 1. The highest BCUT2D eigenvalue weighted by Crippen LogP contribution is 2.43. The van der Waals surface area contributed by atoms with E-state index in [1.165, 1.54) is 6.33 Å². The molecule has 2 saturated heterocycles. The Morgan fingerprint density at radius 2 is 1.64 bits per heavy atom. The predicted molar refractivity (Wildman–Crippen MR) is 224 cm³/mol. The molecule has 2 fully saturated rings. The van der Waals surface area contributed by atoms with Gasteiger partial charge in [0.2, 0.25) is 23.6 Å². The molecule has 4 atom stereocenters. The van der Waals surface area contributed by atoms with Crippen LogP contribution in [0.4, 0.5) is 5.82 Å². The molecule has 1 aliphatic carbocycles. The lowest BCUT2D eigenvalue weighted by Crippen LogP contribution is -2.52. The summed E-state index contributed by atoms with van der Waals surface area (Å²) in [5.74, 6) is -0.396. The Labute approximate surface area is 351 Å². The molecule has 2 aromatic carbocycles. The van der Waals surface area contributed by atoms with Crippen molar-refractivity contribution in [3.05, 3.63) is 87.3 Å². The Kier molecular flexibility index (Phi) is 13.9. The van der Waals surface area contributed by atoms with Gasteiger partial charge in [0.25, 0.3) is 5.91 Å². The number of aliphatic hydroxyl groups is 1. The maximum atomic E-state index is 14.0. The van der Waals surface area contributed by atoms with Gasteiger partial charge in [-0.2, -0.15) is 0 Å². The number of benzene rings is 2. The van der Waals surface area contributed by atoms with E-state index in [0.29, 0.717) is 68.3 Å². The van der Waals surface area contributed by atoms with Crippen molar-refractivity contribution in [2.75, 3.05) is 37.6 Å². The molecule has 4 heterocycles. The fourth-order valence-corrected chi connectivity index (χ4v) is 9.33. The average molecular weight is 826 g/mol. The monoisotopic (exact) mass is 825 g/mol. The van der Waals surface area contributed by atoms with E-state index in [2.05, 4.69) is 38.5 Å². The van der Waals surface area contributed by atoms with Gasteiger partial charge in [0.1, 0.15) is 18.2 Å². The molecule has 0 spiro atoms. The Hall–Kier alpha value is -4.88. The zero-order valence-corrected chi connectivity index (χ0v) is 34.7. The Balaban J connectivity index is 0.791. The largest absolute Gasteiger partial charge is 0.387 e. The van der Waals surface area contributed by atoms with Crippen molar-refractivity contribution in [3.63, 3.8) is 0 Å². The third-order valence-corrected chi connectivity index (χ3v) is 12.8. The number of nitrogens with zero attached hydrogens (tertiary/aromatic N) is 5. The summed E-state index contributed by atoms with van der Waals surface area (Å²) in [6, 6.07) is 12.5. The minimum absolute atomic E-state index is 0.0248. The van der Waals surface area contributed by atoms with Gasteiger partial charge in [0, 0.05) is 68.3 Å². The van der Waals surface area contributed by atoms with Crippen molar-refractivity contribution in [1.29, 1.82) is 0 Å². The molecule has 3 N–H and O–H groups in total. The predicted octanol–water partition coefficient (Wildman–Crippen LogP) is 5.73. The minimum atomic E-state index is -0.600. The number of unbranched alkanes of at least 4 members (excludes halogenated alkanes) is 7. The highest BCUT2D eigenvalue weighted by atomic mass is 35.5. The second kappa shape index (κ2) is 19.5. The van der Waals surface area contributed by atoms with E-state index in [0.717, 1.165) is 85.9 Å². The molecule has 0 saturated carbocycles. The van der Waals surface area contributed by atoms with Crippen LogP contribution in [0.2, 0.25) is 5.02 Å². The van der Waals surface area contributed by atoms with Gasteiger partial charge in [-0.3, -0.25) is 29.3 Å². The van der Waals surface area contributed by atoms with Crippen molar-refractivity contribution in [2.45, 2.75) is 121 Å². The number of fused-ring (bicyclic) bond motifs is 2. The molecule has 14 heteroatoms. The van der Waals surface area contributed by atoms with Crippen LogP contribution in [0.5, 0.6) is 0 Å². The van der Waals surface area contributed by atoms with Crippen LogP contribution in [0.1, 0.15) is 140 Å². The number of rotatable bonds is 17. The molecule has 0 bridgehead atoms. The van der Waals surface area contributed by atoms with E-state index in [4.69, 9.17) is 11.6 Å². The SMILES string of the molecule is C[C@@H]1C[C@@H](O)c2ncnc(N3CCN(C(=O)[C@H](CNC(=O)CCCCCCCCCCc4cccc5c4CN(C4CCC(=O)NC4=O)C5=O)c4ccc(Cl)cc4)CC3)c21. The first-order chi connectivity index (χ1) is 28.6. The molecule has 1 aromatic heterocycles. The summed E-state index contributed by atoms with van der Waals surface area (Å²) < 4.78 is 0. The van der Waals surface area contributed by atoms with E-state index >= 15 is 0 Å². The molecule has 59 heavy (non-hydrogen) atoms. The summed E-state index contributed by atoms with van der Waals surface area (Å²) in [4.78, 5) is 78.7. The number of piperazine rings is 1. The number of hydrogen-bond donors (Lipinski definition) is 3. The molecular formula is C45H56ClN7O6. The number of carbonyl (C=O) groups excluding carboxylic acids is 5. The summed E-state index contributed by atoms with van der Waals surface area (Å²) in [5.41, 5.74) is 5.36. The van der Waals surface area contributed by atoms with Crippen molar-refractivity contribution in [3.8, 4) is 0 Å². The molecular weight excluding hydrogens is 770 g/mol. The maximum Gasteiger partial charge on any atom is 0.255 e. The van der Waals surface area contributed by atoms with Crippen LogP contribution in [0.15, 0.2) is 48.8 Å². The first kappa shape index (κ1) is 42.3. The Morgan fingerprint density at radius 3 is 2.37 bits per heavy atom. The third-order valence-electron chi connectivity index (χ3n) is 12.5. The lowest BCUT2D eigenvalue weighted by Gasteiger charge is -2.38. The number of aromatic nitrogens is 2. The molecule has 314 valence electrons. The average Bonchev–Trinajstić information content (AvgIpc) is 3.73. The lowest BCUT2D eigenvalue weighted by atomic mass is 9.96. The number of piperidine rings is 1. The fraction of sp³-hybridized carbons (Fsp3) is 0.533. The smallest absolute Gasteiger partial charge is 0.255 e. The zero-order chi connectivity index (χ0) is 41.5. The number of aryl methyl sites for hydroxylation is 1. The van der Waals surface area contributed by atoms with Crippen LogP contribution in [-0.4, -0.2) is 93.2 Å². The second-order valence-corrected chi connectivity index (χ2v) is 17.0. The lowest BCUT2D eigenvalue weighted by molar-refractivity contribution is -0.137. The molecule has 3 aromatic rings. The van der Waals surface area contributed by atoms with Crippen molar-refractivity contribution >= 4 is 47.0 Å². The van der Waals surface area contributed by atoms with Crippen molar-refractivity contribution < 1.29 is 29.1 Å². The number of carbonyl (C=O) groups is 5. The summed E-state index contributed by atoms with van der Waals surface area (Å²) >= 11 is 6.18. The summed E-state index contributed by atoms with van der Waals surface area (Å²) in [7, 11) is 0. The highest BCUT2D eigenvalue weighted by Gasteiger charge is 2.40. The van der Waals surface area contributed by atoms with Gasteiger partial charge in [-0.15, -0.1) is 0 Å². The first-order valence-corrected chi connectivity index (χ1v) is 21.8. The minimum Gasteiger partial charge on any atom is -0.387 e. The maximum absolute atomic E-state index is 14.0. The molecule has 0 radical (unpaired) electrons. The summed E-state index contributed by atoms with van der Waals surface area (Å²) in [6.45, 7) is 5.00. The van der Waals surface area contributed by atoms with Gasteiger partial charge in [0.15, 0.2) is 0 Å². The van der Waals surface area contributed by atoms with E-state index in [9.17, 15) is 29.1 Å². The summed E-state index contributed by atoms with van der Waals surface area (Å²) in [6.07, 6.45) is 11.8. The number of imide groups is 1. The van der Waals surface area contributed by atoms with Crippen LogP contribution in [-0.2, 0) is 32.1 Å². The van der Waals surface area contributed by atoms with Crippen LogP contribution in [0.25, 0.3) is 0 Å². The topological polar surface area (TPSA) is 165 Å². The Morgan fingerprint density at radius 1 is 0.932 bits per heavy atom.